The van der Waals surface area contributed by atoms with Crippen molar-refractivity contribution < 1.29 is 4.39 Å². The van der Waals surface area contributed by atoms with Crippen molar-refractivity contribution in [1.29, 1.82) is 0 Å². The summed E-state index contributed by atoms with van der Waals surface area (Å²) < 4.78 is 13.8. The minimum atomic E-state index is -0.303. The number of nitrogens with two attached hydrogens (primary N) is 1. The average molecular weight is 293 g/mol. The van der Waals surface area contributed by atoms with Gasteiger partial charge in [0, 0.05) is 10.6 Å². The van der Waals surface area contributed by atoms with Crippen LogP contribution in [0.4, 0.5) is 4.39 Å². The lowest BCUT2D eigenvalue weighted by Crippen LogP contribution is -2.29. The zero-order valence-corrected chi connectivity index (χ0v) is 12.1. The number of hydrogen-bond donors (Lipinski definition) is 2. The van der Waals surface area contributed by atoms with E-state index in [9.17, 15) is 4.39 Å². The van der Waals surface area contributed by atoms with E-state index in [0.717, 1.165) is 12.0 Å². The largest absolute Gasteiger partial charge is 0.271 e. The Kier molecular flexibility index (Phi) is 5.12. The maximum absolute atomic E-state index is 13.8. The predicted octanol–water partition coefficient (Wildman–Crippen LogP) is 3.79. The van der Waals surface area contributed by atoms with Crippen LogP contribution in [0.3, 0.4) is 0 Å². The molecule has 0 bridgehead atoms. The van der Waals surface area contributed by atoms with Gasteiger partial charge in [0.1, 0.15) is 5.82 Å². The Morgan fingerprint density at radius 1 is 1.20 bits per heavy atom. The second-order valence-electron chi connectivity index (χ2n) is 4.72. The second-order valence-corrected chi connectivity index (χ2v) is 5.13. The first-order valence-corrected chi connectivity index (χ1v) is 7.01. The van der Waals surface area contributed by atoms with Crippen LogP contribution in [0, 0.1) is 5.82 Å². The molecule has 2 aromatic carbocycles. The van der Waals surface area contributed by atoms with Crippen LogP contribution in [-0.4, -0.2) is 0 Å². The summed E-state index contributed by atoms with van der Waals surface area (Å²) in [6, 6.07) is 12.7. The van der Waals surface area contributed by atoms with Crippen molar-refractivity contribution >= 4 is 11.6 Å². The first kappa shape index (κ1) is 15.0. The van der Waals surface area contributed by atoms with Crippen LogP contribution in [0.25, 0.3) is 0 Å². The first-order valence-electron chi connectivity index (χ1n) is 6.63. The van der Waals surface area contributed by atoms with Crippen molar-refractivity contribution in [3.8, 4) is 0 Å². The molecule has 0 saturated heterocycles. The number of aryl methyl sites for hydroxylation is 1. The molecule has 4 heteroatoms. The molecule has 0 heterocycles. The molecule has 0 amide bonds. The minimum absolute atomic E-state index is 0.171. The van der Waals surface area contributed by atoms with E-state index in [-0.39, 0.29) is 11.9 Å². The number of hydrazine groups is 1. The molecule has 0 saturated carbocycles. The third-order valence-corrected chi connectivity index (χ3v) is 3.82. The SMILES string of the molecule is CCc1ccc(C(Cc2c(F)cccc2Cl)NN)cc1. The Bertz CT molecular complexity index is 549. The smallest absolute Gasteiger partial charge is 0.127 e. The zero-order chi connectivity index (χ0) is 14.5. The number of nitrogens with one attached hydrogen (secondary N) is 1. The van der Waals surface area contributed by atoms with E-state index in [4.69, 9.17) is 17.4 Å². The van der Waals surface area contributed by atoms with Gasteiger partial charge in [-0.05, 0) is 36.1 Å². The fourth-order valence-corrected chi connectivity index (χ4v) is 2.43. The summed E-state index contributed by atoms with van der Waals surface area (Å²) in [5, 5.41) is 0.426. The lowest BCUT2D eigenvalue weighted by molar-refractivity contribution is 0.529. The van der Waals surface area contributed by atoms with Crippen LogP contribution in [0.15, 0.2) is 42.5 Å². The first-order chi connectivity index (χ1) is 9.65. The molecular weight excluding hydrogens is 275 g/mol. The van der Waals surface area contributed by atoms with Crippen molar-refractivity contribution in [2.24, 2.45) is 5.84 Å². The highest BCUT2D eigenvalue weighted by molar-refractivity contribution is 6.31. The van der Waals surface area contributed by atoms with Gasteiger partial charge in [-0.3, -0.25) is 11.3 Å². The molecule has 2 rings (SSSR count). The molecule has 3 N–H and O–H groups in total. The molecule has 106 valence electrons. The summed E-state index contributed by atoms with van der Waals surface area (Å²) in [4.78, 5) is 0. The topological polar surface area (TPSA) is 38.0 Å². The Labute approximate surface area is 123 Å². The molecule has 2 aromatic rings. The van der Waals surface area contributed by atoms with E-state index in [0.29, 0.717) is 17.0 Å². The standard InChI is InChI=1S/C16H18ClFN2/c1-2-11-6-8-12(9-7-11)16(20-19)10-13-14(17)4-3-5-15(13)18/h3-9,16,20H,2,10,19H2,1H3. The molecule has 1 atom stereocenters. The minimum Gasteiger partial charge on any atom is -0.271 e. The summed E-state index contributed by atoms with van der Waals surface area (Å²) in [5.74, 6) is 5.30. The maximum atomic E-state index is 13.8. The number of halogens is 2. The van der Waals surface area contributed by atoms with Crippen LogP contribution < -0.4 is 11.3 Å². The quantitative estimate of drug-likeness (QED) is 0.650. The fourth-order valence-electron chi connectivity index (χ4n) is 2.19. The van der Waals surface area contributed by atoms with Gasteiger partial charge in [-0.1, -0.05) is 48.9 Å². The predicted molar refractivity (Wildman–Crippen MR) is 81.0 cm³/mol. The molecule has 1 unspecified atom stereocenters. The number of rotatable bonds is 5. The highest BCUT2D eigenvalue weighted by Gasteiger charge is 2.15. The molecule has 0 aliphatic rings. The van der Waals surface area contributed by atoms with Crippen molar-refractivity contribution in [2.45, 2.75) is 25.8 Å². The number of hydrogen-bond acceptors (Lipinski definition) is 2. The molecule has 0 aliphatic heterocycles. The number of benzene rings is 2. The molecule has 0 aromatic heterocycles. The normalized spacial score (nSPS) is 12.4. The highest BCUT2D eigenvalue weighted by Crippen LogP contribution is 2.25. The van der Waals surface area contributed by atoms with Gasteiger partial charge in [-0.2, -0.15) is 0 Å². The summed E-state index contributed by atoms with van der Waals surface area (Å²) in [6.07, 6.45) is 1.40. The van der Waals surface area contributed by atoms with Gasteiger partial charge in [-0.15, -0.1) is 0 Å². The molecule has 0 aliphatic carbocycles. The third kappa shape index (κ3) is 3.37. The third-order valence-electron chi connectivity index (χ3n) is 3.46. The van der Waals surface area contributed by atoms with E-state index in [1.54, 1.807) is 12.1 Å². The Morgan fingerprint density at radius 2 is 1.90 bits per heavy atom. The Balaban J connectivity index is 2.24. The molecule has 0 radical (unpaired) electrons. The second kappa shape index (κ2) is 6.84. The van der Waals surface area contributed by atoms with Gasteiger partial charge < -0.3 is 0 Å². The van der Waals surface area contributed by atoms with Gasteiger partial charge >= 0.3 is 0 Å². The van der Waals surface area contributed by atoms with Crippen molar-refractivity contribution in [3.63, 3.8) is 0 Å². The van der Waals surface area contributed by atoms with E-state index >= 15 is 0 Å². The van der Waals surface area contributed by atoms with Gasteiger partial charge in [-0.25, -0.2) is 4.39 Å². The summed E-state index contributed by atoms with van der Waals surface area (Å²) >= 11 is 6.06. The average Bonchev–Trinajstić information content (AvgIpc) is 2.47. The van der Waals surface area contributed by atoms with Gasteiger partial charge in [0.15, 0.2) is 0 Å². The van der Waals surface area contributed by atoms with E-state index < -0.39 is 0 Å². The summed E-state index contributed by atoms with van der Waals surface area (Å²) in [5.41, 5.74) is 5.49. The molecule has 20 heavy (non-hydrogen) atoms. The van der Waals surface area contributed by atoms with Crippen LogP contribution in [0.5, 0.6) is 0 Å². The van der Waals surface area contributed by atoms with E-state index in [2.05, 4.69) is 24.5 Å². The van der Waals surface area contributed by atoms with Gasteiger partial charge in [0.25, 0.3) is 0 Å². The highest BCUT2D eigenvalue weighted by atomic mass is 35.5. The van der Waals surface area contributed by atoms with Crippen molar-refractivity contribution in [2.75, 3.05) is 0 Å². The molecule has 0 fully saturated rings. The van der Waals surface area contributed by atoms with Crippen LogP contribution in [-0.2, 0) is 12.8 Å². The summed E-state index contributed by atoms with van der Waals surface area (Å²) in [6.45, 7) is 2.10. The zero-order valence-electron chi connectivity index (χ0n) is 11.4. The maximum Gasteiger partial charge on any atom is 0.127 e. The molecule has 2 nitrogen and oxygen atoms in total. The van der Waals surface area contributed by atoms with E-state index in [1.807, 2.05) is 12.1 Å². The molecular formula is C16H18ClFN2. The molecule has 0 spiro atoms. The Morgan fingerprint density at radius 3 is 2.45 bits per heavy atom. The van der Waals surface area contributed by atoms with Gasteiger partial charge in [0.05, 0.1) is 6.04 Å². The van der Waals surface area contributed by atoms with Crippen molar-refractivity contribution in [3.05, 3.63) is 70.0 Å². The lowest BCUT2D eigenvalue weighted by atomic mass is 9.97. The van der Waals surface area contributed by atoms with Crippen LogP contribution in [0.2, 0.25) is 5.02 Å². The Hall–Kier alpha value is -1.42. The van der Waals surface area contributed by atoms with E-state index in [1.165, 1.54) is 11.6 Å². The fraction of sp³-hybridized carbons (Fsp3) is 0.250. The summed E-state index contributed by atoms with van der Waals surface area (Å²) in [7, 11) is 0. The van der Waals surface area contributed by atoms with Crippen molar-refractivity contribution in [1.82, 2.24) is 5.43 Å². The van der Waals surface area contributed by atoms with Crippen LogP contribution >= 0.6 is 11.6 Å². The lowest BCUT2D eigenvalue weighted by Gasteiger charge is -2.18. The van der Waals surface area contributed by atoms with Crippen LogP contribution in [0.1, 0.15) is 29.7 Å². The monoisotopic (exact) mass is 292 g/mol. The van der Waals surface area contributed by atoms with Gasteiger partial charge in [0.2, 0.25) is 0 Å².